The molecule has 0 aromatic heterocycles. The van der Waals surface area contributed by atoms with Gasteiger partial charge in [0.05, 0.1) is 13.2 Å². The Bertz CT molecular complexity index is 354. The van der Waals surface area contributed by atoms with E-state index in [2.05, 4.69) is 0 Å². The molecule has 0 spiro atoms. The number of rotatable bonds is 4. The SMILES string of the molecule is OC[C@H]1O[C@](CO)(O[C@H]2OC[C@@H](O)[C@H](O)[C@H]2O)[C@@H](O)[C@@H]1O. The molecular weight excluding hydrogens is 292 g/mol. The molecule has 0 aliphatic carbocycles. The van der Waals surface area contributed by atoms with E-state index in [-0.39, 0.29) is 6.61 Å². The average molecular weight is 312 g/mol. The Kier molecular flexibility index (Phi) is 5.15. The highest BCUT2D eigenvalue weighted by Gasteiger charge is 2.57. The molecule has 2 fully saturated rings. The molecule has 7 N–H and O–H groups in total. The lowest BCUT2D eigenvalue weighted by Gasteiger charge is -2.40. The highest BCUT2D eigenvalue weighted by Crippen LogP contribution is 2.35. The van der Waals surface area contributed by atoms with Crippen LogP contribution in [0.3, 0.4) is 0 Å². The fraction of sp³-hybridized carbons (Fsp3) is 1.00. The van der Waals surface area contributed by atoms with E-state index >= 15 is 0 Å². The molecule has 0 radical (unpaired) electrons. The van der Waals surface area contributed by atoms with Crippen LogP contribution in [0.5, 0.6) is 0 Å². The molecule has 0 amide bonds. The summed E-state index contributed by atoms with van der Waals surface area (Å²) in [6, 6.07) is 0. The lowest BCUT2D eigenvalue weighted by atomic mass is 10.0. The van der Waals surface area contributed by atoms with Gasteiger partial charge in [-0.15, -0.1) is 0 Å². The number of ether oxygens (including phenoxy) is 3. The minimum atomic E-state index is -2.12. The van der Waals surface area contributed by atoms with Crippen LogP contribution in [0.15, 0.2) is 0 Å². The van der Waals surface area contributed by atoms with Crippen LogP contribution in [0.4, 0.5) is 0 Å². The predicted molar refractivity (Wildman–Crippen MR) is 62.6 cm³/mol. The van der Waals surface area contributed by atoms with E-state index in [9.17, 15) is 30.6 Å². The lowest BCUT2D eigenvalue weighted by Crippen LogP contribution is -2.59. The highest BCUT2D eigenvalue weighted by molar-refractivity contribution is 4.97. The smallest absolute Gasteiger partial charge is 0.224 e. The van der Waals surface area contributed by atoms with Crippen LogP contribution < -0.4 is 0 Å². The summed E-state index contributed by atoms with van der Waals surface area (Å²) >= 11 is 0. The molecule has 21 heavy (non-hydrogen) atoms. The molecule has 0 saturated carbocycles. The molecule has 0 unspecified atom stereocenters. The Morgan fingerprint density at radius 1 is 1.00 bits per heavy atom. The third-order valence-corrected chi connectivity index (χ3v) is 3.68. The van der Waals surface area contributed by atoms with Gasteiger partial charge < -0.3 is 50.0 Å². The normalized spacial score (nSPS) is 51.3. The zero-order valence-electron chi connectivity index (χ0n) is 11.0. The van der Waals surface area contributed by atoms with E-state index in [1.165, 1.54) is 0 Å². The standard InChI is InChI=1S/C11H20O10/c12-1-5-7(16)9(18)11(3-13,20-5)21-10-8(17)6(15)4(14)2-19-10/h4-10,12-18H,1-3H2/t4-,5-,6+,7-,8-,9+,10-,11-/m1/s1. The molecule has 8 atom stereocenters. The number of aliphatic hydroxyl groups excluding tert-OH is 7. The summed E-state index contributed by atoms with van der Waals surface area (Å²) in [6.45, 7) is -1.86. The first kappa shape index (κ1) is 17.0. The van der Waals surface area contributed by atoms with Gasteiger partial charge in [-0.05, 0) is 0 Å². The summed E-state index contributed by atoms with van der Waals surface area (Å²) in [7, 11) is 0. The van der Waals surface area contributed by atoms with Crippen molar-refractivity contribution in [2.24, 2.45) is 0 Å². The van der Waals surface area contributed by atoms with Crippen LogP contribution in [0.25, 0.3) is 0 Å². The molecule has 0 bridgehead atoms. The Balaban J connectivity index is 2.12. The van der Waals surface area contributed by atoms with E-state index in [4.69, 9.17) is 19.3 Å². The second kappa shape index (κ2) is 6.38. The zero-order valence-corrected chi connectivity index (χ0v) is 11.0. The van der Waals surface area contributed by atoms with Crippen molar-refractivity contribution >= 4 is 0 Å². The van der Waals surface area contributed by atoms with E-state index in [0.29, 0.717) is 0 Å². The minimum Gasteiger partial charge on any atom is -0.394 e. The van der Waals surface area contributed by atoms with Crippen molar-refractivity contribution < 1.29 is 50.0 Å². The third kappa shape index (κ3) is 2.92. The summed E-state index contributed by atoms with van der Waals surface area (Å²) in [4.78, 5) is 0. The zero-order chi connectivity index (χ0) is 15.8. The van der Waals surface area contributed by atoms with Gasteiger partial charge in [0.25, 0.3) is 0 Å². The third-order valence-electron chi connectivity index (χ3n) is 3.68. The average Bonchev–Trinajstić information content (AvgIpc) is 2.73. The monoisotopic (exact) mass is 312 g/mol. The molecule has 2 saturated heterocycles. The molecular formula is C11H20O10. The van der Waals surface area contributed by atoms with Gasteiger partial charge in [0, 0.05) is 0 Å². The molecule has 10 nitrogen and oxygen atoms in total. The van der Waals surface area contributed by atoms with Crippen molar-refractivity contribution in [2.75, 3.05) is 19.8 Å². The first-order chi connectivity index (χ1) is 9.86. The molecule has 0 aromatic rings. The summed E-state index contributed by atoms with van der Waals surface area (Å²) in [5.74, 6) is -2.12. The fourth-order valence-corrected chi connectivity index (χ4v) is 2.35. The van der Waals surface area contributed by atoms with Gasteiger partial charge >= 0.3 is 0 Å². The molecule has 2 aliphatic rings. The maximum Gasteiger partial charge on any atom is 0.224 e. The predicted octanol–water partition coefficient (Wildman–Crippen LogP) is -4.76. The van der Waals surface area contributed by atoms with E-state index in [1.807, 2.05) is 0 Å². The molecule has 10 heteroatoms. The van der Waals surface area contributed by atoms with E-state index < -0.39 is 61.9 Å². The minimum absolute atomic E-state index is 0.341. The van der Waals surface area contributed by atoms with Crippen molar-refractivity contribution in [3.8, 4) is 0 Å². The Labute approximate surface area is 119 Å². The van der Waals surface area contributed by atoms with Gasteiger partial charge in [0.15, 0.2) is 6.29 Å². The lowest BCUT2D eigenvalue weighted by molar-refractivity contribution is -0.370. The second-order valence-corrected chi connectivity index (χ2v) is 5.11. The van der Waals surface area contributed by atoms with Crippen molar-refractivity contribution in [1.82, 2.24) is 0 Å². The van der Waals surface area contributed by atoms with Gasteiger partial charge in [0.2, 0.25) is 5.79 Å². The first-order valence-electron chi connectivity index (χ1n) is 6.45. The van der Waals surface area contributed by atoms with Crippen LogP contribution >= 0.6 is 0 Å². The van der Waals surface area contributed by atoms with Crippen LogP contribution in [0.1, 0.15) is 0 Å². The van der Waals surface area contributed by atoms with E-state index in [0.717, 1.165) is 0 Å². The van der Waals surface area contributed by atoms with Crippen LogP contribution in [0.2, 0.25) is 0 Å². The molecule has 0 aromatic carbocycles. The van der Waals surface area contributed by atoms with Crippen LogP contribution in [0, 0.1) is 0 Å². The Morgan fingerprint density at radius 2 is 1.67 bits per heavy atom. The van der Waals surface area contributed by atoms with Crippen molar-refractivity contribution in [1.29, 1.82) is 0 Å². The molecule has 2 rings (SSSR count). The molecule has 2 aliphatic heterocycles. The number of hydrogen-bond donors (Lipinski definition) is 7. The van der Waals surface area contributed by atoms with E-state index in [1.54, 1.807) is 0 Å². The maximum absolute atomic E-state index is 9.92. The van der Waals surface area contributed by atoms with Gasteiger partial charge in [0.1, 0.15) is 43.2 Å². The first-order valence-corrected chi connectivity index (χ1v) is 6.45. The van der Waals surface area contributed by atoms with Gasteiger partial charge in [-0.1, -0.05) is 0 Å². The summed E-state index contributed by atoms with van der Waals surface area (Å²) in [5.41, 5.74) is 0. The van der Waals surface area contributed by atoms with Crippen molar-refractivity contribution in [3.05, 3.63) is 0 Å². The van der Waals surface area contributed by atoms with Crippen LogP contribution in [-0.4, -0.2) is 104 Å². The number of aliphatic hydroxyl groups is 7. The van der Waals surface area contributed by atoms with Gasteiger partial charge in [-0.25, -0.2) is 0 Å². The Hall–Kier alpha value is -0.400. The van der Waals surface area contributed by atoms with Gasteiger partial charge in [-0.3, -0.25) is 0 Å². The highest BCUT2D eigenvalue weighted by atomic mass is 16.8. The quantitative estimate of drug-likeness (QED) is 0.267. The topological polar surface area (TPSA) is 169 Å². The Morgan fingerprint density at radius 3 is 2.19 bits per heavy atom. The number of hydrogen-bond acceptors (Lipinski definition) is 10. The van der Waals surface area contributed by atoms with Crippen molar-refractivity contribution in [2.45, 2.75) is 48.7 Å². The molecule has 124 valence electrons. The van der Waals surface area contributed by atoms with Gasteiger partial charge in [-0.2, -0.15) is 0 Å². The van der Waals surface area contributed by atoms with Crippen LogP contribution in [-0.2, 0) is 14.2 Å². The molecule has 2 heterocycles. The largest absolute Gasteiger partial charge is 0.394 e. The van der Waals surface area contributed by atoms with Crippen molar-refractivity contribution in [3.63, 3.8) is 0 Å². The fourth-order valence-electron chi connectivity index (χ4n) is 2.35. The summed E-state index contributed by atoms with van der Waals surface area (Å²) in [6.07, 6.45) is -10.4. The summed E-state index contributed by atoms with van der Waals surface area (Å²) in [5, 5.41) is 66.7. The maximum atomic E-state index is 9.92. The second-order valence-electron chi connectivity index (χ2n) is 5.11. The summed E-state index contributed by atoms with van der Waals surface area (Å²) < 4.78 is 15.3.